The van der Waals surface area contributed by atoms with Crippen molar-refractivity contribution in [2.24, 2.45) is 0 Å². The number of pyridine rings is 1. The molecule has 0 fully saturated rings. The average Bonchev–Trinajstić information content (AvgIpc) is 2.84. The number of amides is 1. The fourth-order valence-corrected chi connectivity index (χ4v) is 2.85. The van der Waals surface area contributed by atoms with E-state index in [1.54, 1.807) is 42.2 Å². The number of aryl methyl sites for hydroxylation is 1. The highest BCUT2D eigenvalue weighted by atomic mass is 35.5. The monoisotopic (exact) mass is 360 g/mol. The van der Waals surface area contributed by atoms with E-state index in [-0.39, 0.29) is 11.1 Å². The minimum atomic E-state index is -0.311. The van der Waals surface area contributed by atoms with Crippen molar-refractivity contribution in [3.8, 4) is 0 Å². The number of aromatic nitrogens is 3. The molecule has 7 heteroatoms. The van der Waals surface area contributed by atoms with Crippen LogP contribution in [-0.4, -0.2) is 20.7 Å². The predicted molar refractivity (Wildman–Crippen MR) is 94.7 cm³/mol. The minimum absolute atomic E-state index is 0.277. The van der Waals surface area contributed by atoms with Gasteiger partial charge in [-0.25, -0.2) is 4.68 Å². The van der Waals surface area contributed by atoms with Crippen molar-refractivity contribution in [3.63, 3.8) is 0 Å². The summed E-state index contributed by atoms with van der Waals surface area (Å²) in [5.41, 5.74) is 2.42. The van der Waals surface area contributed by atoms with Crippen LogP contribution in [0.3, 0.4) is 0 Å². The molecule has 0 aliphatic carbocycles. The first-order valence-electron chi connectivity index (χ1n) is 7.24. The molecule has 1 N–H and O–H groups in total. The normalized spacial score (nSPS) is 10.6. The van der Waals surface area contributed by atoms with Crippen LogP contribution in [0.1, 0.15) is 21.6 Å². The molecule has 0 unspecified atom stereocenters. The van der Waals surface area contributed by atoms with Gasteiger partial charge >= 0.3 is 0 Å². The maximum atomic E-state index is 12.5. The van der Waals surface area contributed by atoms with Crippen molar-refractivity contribution in [2.75, 3.05) is 5.32 Å². The van der Waals surface area contributed by atoms with Gasteiger partial charge in [-0.05, 0) is 30.7 Å². The highest BCUT2D eigenvalue weighted by Gasteiger charge is 2.21. The minimum Gasteiger partial charge on any atom is -0.322 e. The summed E-state index contributed by atoms with van der Waals surface area (Å²) >= 11 is 12.6. The molecule has 1 amide bonds. The Morgan fingerprint density at radius 1 is 1.17 bits per heavy atom. The molecule has 3 aromatic rings. The third-order valence-corrected chi connectivity index (χ3v) is 4.26. The summed E-state index contributed by atoms with van der Waals surface area (Å²) in [7, 11) is 0. The smallest absolute Gasteiger partial charge is 0.260 e. The molecule has 0 spiro atoms. The van der Waals surface area contributed by atoms with Crippen LogP contribution in [-0.2, 0) is 6.54 Å². The van der Waals surface area contributed by atoms with Gasteiger partial charge in [-0.2, -0.15) is 5.10 Å². The topological polar surface area (TPSA) is 59.8 Å². The SMILES string of the molecule is Cc1nn(Cc2ccccc2Cl)c(Cl)c1C(=O)Nc1ccncc1. The van der Waals surface area contributed by atoms with Crippen molar-refractivity contribution in [2.45, 2.75) is 13.5 Å². The van der Waals surface area contributed by atoms with E-state index in [0.29, 0.717) is 28.5 Å². The van der Waals surface area contributed by atoms with Gasteiger partial charge in [0.1, 0.15) is 5.15 Å². The molecule has 0 aliphatic rings. The molecule has 0 atom stereocenters. The fourth-order valence-electron chi connectivity index (χ4n) is 2.33. The summed E-state index contributed by atoms with van der Waals surface area (Å²) in [4.78, 5) is 16.4. The van der Waals surface area contributed by atoms with Crippen molar-refractivity contribution in [1.82, 2.24) is 14.8 Å². The van der Waals surface area contributed by atoms with Crippen LogP contribution in [0.25, 0.3) is 0 Å². The summed E-state index contributed by atoms with van der Waals surface area (Å²) in [6, 6.07) is 10.9. The molecule has 0 saturated carbocycles. The highest BCUT2D eigenvalue weighted by Crippen LogP contribution is 2.24. The Hall–Kier alpha value is -2.37. The number of rotatable bonds is 4. The van der Waals surface area contributed by atoms with Crippen molar-refractivity contribution in [3.05, 3.63) is 75.8 Å². The van der Waals surface area contributed by atoms with E-state index in [4.69, 9.17) is 23.2 Å². The van der Waals surface area contributed by atoms with E-state index >= 15 is 0 Å². The van der Waals surface area contributed by atoms with Gasteiger partial charge in [-0.15, -0.1) is 0 Å². The molecule has 1 aromatic carbocycles. The molecule has 0 saturated heterocycles. The number of nitrogens with one attached hydrogen (secondary N) is 1. The van der Waals surface area contributed by atoms with Crippen LogP contribution in [0.2, 0.25) is 10.2 Å². The quantitative estimate of drug-likeness (QED) is 0.758. The van der Waals surface area contributed by atoms with E-state index in [9.17, 15) is 4.79 Å². The maximum Gasteiger partial charge on any atom is 0.260 e. The lowest BCUT2D eigenvalue weighted by molar-refractivity contribution is 0.102. The lowest BCUT2D eigenvalue weighted by Crippen LogP contribution is -2.13. The van der Waals surface area contributed by atoms with E-state index < -0.39 is 0 Å². The molecule has 2 heterocycles. The van der Waals surface area contributed by atoms with Crippen LogP contribution >= 0.6 is 23.2 Å². The number of carbonyl (C=O) groups excluding carboxylic acids is 1. The second-order valence-electron chi connectivity index (χ2n) is 5.19. The van der Waals surface area contributed by atoms with Crippen molar-refractivity contribution < 1.29 is 4.79 Å². The third-order valence-electron chi connectivity index (χ3n) is 3.51. The summed E-state index contributed by atoms with van der Waals surface area (Å²) in [5, 5.41) is 8.05. The van der Waals surface area contributed by atoms with E-state index in [0.717, 1.165) is 5.56 Å². The molecular formula is C17H14Cl2N4O. The number of nitrogens with zero attached hydrogens (tertiary/aromatic N) is 3. The number of hydrogen-bond donors (Lipinski definition) is 1. The Kier molecular flexibility index (Phi) is 4.83. The van der Waals surface area contributed by atoms with Crippen LogP contribution in [0, 0.1) is 6.92 Å². The standard InChI is InChI=1S/C17H14Cl2N4O/c1-11-15(17(24)21-13-6-8-20-9-7-13)16(19)23(22-11)10-12-4-2-3-5-14(12)18/h2-9H,10H2,1H3,(H,20,21,24). The Balaban J connectivity index is 1.86. The van der Waals surface area contributed by atoms with Crippen LogP contribution < -0.4 is 5.32 Å². The van der Waals surface area contributed by atoms with Gasteiger partial charge in [0.2, 0.25) is 0 Å². The molecule has 0 bridgehead atoms. The summed E-state index contributed by atoms with van der Waals surface area (Å²) < 4.78 is 1.57. The number of carbonyl (C=O) groups is 1. The van der Waals surface area contributed by atoms with Crippen LogP contribution in [0.15, 0.2) is 48.8 Å². The van der Waals surface area contributed by atoms with Gasteiger partial charge in [0.15, 0.2) is 0 Å². The Bertz CT molecular complexity index is 878. The van der Waals surface area contributed by atoms with Gasteiger partial charge < -0.3 is 5.32 Å². The van der Waals surface area contributed by atoms with Gasteiger partial charge in [-0.3, -0.25) is 9.78 Å². The van der Waals surface area contributed by atoms with E-state index in [1.165, 1.54) is 0 Å². The van der Waals surface area contributed by atoms with Crippen LogP contribution in [0.5, 0.6) is 0 Å². The second kappa shape index (κ2) is 7.03. The number of hydrogen-bond acceptors (Lipinski definition) is 3. The van der Waals surface area contributed by atoms with Crippen molar-refractivity contribution >= 4 is 34.8 Å². The Morgan fingerprint density at radius 3 is 2.58 bits per heavy atom. The molecule has 24 heavy (non-hydrogen) atoms. The van der Waals surface area contributed by atoms with Gasteiger partial charge in [0.05, 0.1) is 17.8 Å². The Labute approximate surface area is 149 Å². The van der Waals surface area contributed by atoms with Crippen LogP contribution in [0.4, 0.5) is 5.69 Å². The summed E-state index contributed by atoms with van der Waals surface area (Å²) in [6.45, 7) is 2.14. The number of benzene rings is 1. The van der Waals surface area contributed by atoms with Gasteiger partial charge in [-0.1, -0.05) is 41.4 Å². The number of anilines is 1. The second-order valence-corrected chi connectivity index (χ2v) is 5.96. The molecule has 122 valence electrons. The predicted octanol–water partition coefficient (Wildman–Crippen LogP) is 4.19. The number of halogens is 2. The van der Waals surface area contributed by atoms with E-state index in [1.807, 2.05) is 18.2 Å². The largest absolute Gasteiger partial charge is 0.322 e. The zero-order valence-electron chi connectivity index (χ0n) is 12.8. The summed E-state index contributed by atoms with van der Waals surface area (Å²) in [5.74, 6) is -0.311. The maximum absolute atomic E-state index is 12.5. The first kappa shape index (κ1) is 16.5. The molecular weight excluding hydrogens is 347 g/mol. The zero-order chi connectivity index (χ0) is 17.1. The Morgan fingerprint density at radius 2 is 1.88 bits per heavy atom. The third kappa shape index (κ3) is 3.42. The average molecular weight is 361 g/mol. The molecule has 3 rings (SSSR count). The lowest BCUT2D eigenvalue weighted by Gasteiger charge is -2.06. The zero-order valence-corrected chi connectivity index (χ0v) is 14.3. The molecule has 0 aliphatic heterocycles. The molecule has 5 nitrogen and oxygen atoms in total. The molecule has 2 aromatic heterocycles. The first-order valence-corrected chi connectivity index (χ1v) is 7.99. The van der Waals surface area contributed by atoms with Crippen molar-refractivity contribution in [1.29, 1.82) is 0 Å². The lowest BCUT2D eigenvalue weighted by atomic mass is 10.2. The van der Waals surface area contributed by atoms with Gasteiger partial charge in [0, 0.05) is 23.1 Å². The van der Waals surface area contributed by atoms with E-state index in [2.05, 4.69) is 15.4 Å². The highest BCUT2D eigenvalue weighted by molar-refractivity contribution is 6.34. The molecule has 0 radical (unpaired) electrons. The fraction of sp³-hybridized carbons (Fsp3) is 0.118. The van der Waals surface area contributed by atoms with Gasteiger partial charge in [0.25, 0.3) is 5.91 Å². The summed E-state index contributed by atoms with van der Waals surface area (Å²) in [6.07, 6.45) is 3.20. The first-order chi connectivity index (χ1) is 11.6.